The zero-order valence-electron chi connectivity index (χ0n) is 14.8. The molecule has 1 heterocycles. The first kappa shape index (κ1) is 23.8. The second-order valence-corrected chi connectivity index (χ2v) is 6.70. The van der Waals surface area contributed by atoms with E-state index in [1.54, 1.807) is 14.2 Å². The lowest BCUT2D eigenvalue weighted by atomic mass is 9.89. The number of hydrogen-bond acceptors (Lipinski definition) is 4. The van der Waals surface area contributed by atoms with Gasteiger partial charge in [-0.25, -0.2) is 0 Å². The van der Waals surface area contributed by atoms with Crippen molar-refractivity contribution in [1.82, 2.24) is 10.2 Å². The number of nitrogens with zero attached hydrogens (tertiary/aromatic N) is 1. The van der Waals surface area contributed by atoms with E-state index in [-0.39, 0.29) is 24.8 Å². The molecule has 7 heteroatoms. The molecule has 4 nitrogen and oxygen atoms in total. The van der Waals surface area contributed by atoms with Gasteiger partial charge in [-0.05, 0) is 34.0 Å². The molecule has 0 aromatic heterocycles. The fourth-order valence-electron chi connectivity index (χ4n) is 3.16. The van der Waals surface area contributed by atoms with Crippen molar-refractivity contribution in [2.45, 2.75) is 26.3 Å². The van der Waals surface area contributed by atoms with Crippen molar-refractivity contribution in [3.63, 3.8) is 0 Å². The largest absolute Gasteiger partial charge is 0.496 e. The molecule has 1 aliphatic heterocycles. The van der Waals surface area contributed by atoms with E-state index >= 15 is 0 Å². The summed E-state index contributed by atoms with van der Waals surface area (Å²) in [5.41, 5.74) is 1.22. The second kappa shape index (κ2) is 11.4. The minimum absolute atomic E-state index is 0. The molecule has 1 aromatic rings. The SMILES string of the molecule is CCC(C)[C@H](c1cc(OC)c(Br)cc1OC)N1CCNCC1.Cl.Cl. The molecule has 2 atom stereocenters. The zero-order valence-corrected chi connectivity index (χ0v) is 18.0. The summed E-state index contributed by atoms with van der Waals surface area (Å²) in [7, 11) is 3.45. The van der Waals surface area contributed by atoms with Crippen molar-refractivity contribution in [1.29, 1.82) is 0 Å². The molecule has 1 N–H and O–H groups in total. The average Bonchev–Trinajstić information content (AvgIpc) is 2.56. The first-order valence-electron chi connectivity index (χ1n) is 7.98. The highest BCUT2D eigenvalue weighted by Gasteiger charge is 2.29. The van der Waals surface area contributed by atoms with Gasteiger partial charge in [-0.1, -0.05) is 20.3 Å². The maximum absolute atomic E-state index is 5.66. The van der Waals surface area contributed by atoms with E-state index in [1.807, 2.05) is 6.07 Å². The van der Waals surface area contributed by atoms with Gasteiger partial charge in [0.2, 0.25) is 0 Å². The monoisotopic (exact) mass is 442 g/mol. The van der Waals surface area contributed by atoms with Gasteiger partial charge in [-0.15, -0.1) is 24.8 Å². The Morgan fingerprint density at radius 3 is 2.21 bits per heavy atom. The van der Waals surface area contributed by atoms with E-state index in [4.69, 9.17) is 9.47 Å². The van der Waals surface area contributed by atoms with E-state index in [9.17, 15) is 0 Å². The van der Waals surface area contributed by atoms with Crippen LogP contribution >= 0.6 is 40.7 Å². The molecule has 0 aliphatic carbocycles. The summed E-state index contributed by atoms with van der Waals surface area (Å²) in [5.74, 6) is 2.34. The van der Waals surface area contributed by atoms with Crippen LogP contribution in [0.4, 0.5) is 0 Å². The number of halogens is 3. The highest BCUT2D eigenvalue weighted by Crippen LogP contribution is 2.41. The fourth-order valence-corrected chi connectivity index (χ4v) is 3.65. The van der Waals surface area contributed by atoms with Gasteiger partial charge in [0.05, 0.1) is 18.7 Å². The van der Waals surface area contributed by atoms with Gasteiger partial charge in [0.25, 0.3) is 0 Å². The molecule has 0 bridgehead atoms. The third-order valence-corrected chi connectivity index (χ3v) is 5.17. The summed E-state index contributed by atoms with van der Waals surface area (Å²) in [6.45, 7) is 8.79. The minimum atomic E-state index is 0. The van der Waals surface area contributed by atoms with Crippen molar-refractivity contribution < 1.29 is 9.47 Å². The Labute approximate surface area is 166 Å². The molecule has 0 radical (unpaired) electrons. The number of rotatable bonds is 6. The molecule has 0 saturated carbocycles. The van der Waals surface area contributed by atoms with Crippen LogP contribution in [0.5, 0.6) is 11.5 Å². The van der Waals surface area contributed by atoms with E-state index in [0.717, 1.165) is 48.6 Å². The smallest absolute Gasteiger partial charge is 0.133 e. The number of piperazine rings is 1. The van der Waals surface area contributed by atoms with Gasteiger partial charge >= 0.3 is 0 Å². The molecule has 1 unspecified atom stereocenters. The lowest BCUT2D eigenvalue weighted by Crippen LogP contribution is -2.46. The van der Waals surface area contributed by atoms with Gasteiger partial charge < -0.3 is 14.8 Å². The summed E-state index contributed by atoms with van der Waals surface area (Å²) in [6, 6.07) is 4.50. The molecule has 1 aromatic carbocycles. The van der Waals surface area contributed by atoms with Crippen LogP contribution in [0.1, 0.15) is 31.9 Å². The van der Waals surface area contributed by atoms with Crippen LogP contribution in [0.3, 0.4) is 0 Å². The van der Waals surface area contributed by atoms with E-state index < -0.39 is 0 Å². The van der Waals surface area contributed by atoms with Gasteiger partial charge in [-0.2, -0.15) is 0 Å². The molecule has 24 heavy (non-hydrogen) atoms. The van der Waals surface area contributed by atoms with Crippen LogP contribution in [0, 0.1) is 5.92 Å². The molecular weight excluding hydrogens is 415 g/mol. The number of hydrogen-bond donors (Lipinski definition) is 1. The lowest BCUT2D eigenvalue weighted by Gasteiger charge is -2.39. The van der Waals surface area contributed by atoms with Crippen LogP contribution in [0.2, 0.25) is 0 Å². The van der Waals surface area contributed by atoms with E-state index in [0.29, 0.717) is 12.0 Å². The lowest BCUT2D eigenvalue weighted by molar-refractivity contribution is 0.126. The summed E-state index contributed by atoms with van der Waals surface area (Å²) in [5, 5.41) is 3.43. The average molecular weight is 444 g/mol. The molecule has 140 valence electrons. The first-order chi connectivity index (χ1) is 10.6. The number of ether oxygens (including phenoxy) is 2. The third-order valence-electron chi connectivity index (χ3n) is 4.55. The number of benzene rings is 1. The Hall–Kier alpha value is -0.200. The van der Waals surface area contributed by atoms with Gasteiger partial charge in [0, 0.05) is 37.8 Å². The topological polar surface area (TPSA) is 33.7 Å². The third kappa shape index (κ3) is 5.40. The molecule has 1 fully saturated rings. The quantitative estimate of drug-likeness (QED) is 0.710. The predicted octanol–water partition coefficient (Wildman–Crippen LogP) is 4.30. The maximum Gasteiger partial charge on any atom is 0.133 e. The zero-order chi connectivity index (χ0) is 16.1. The molecular formula is C17H29BrCl2N2O2. The summed E-state index contributed by atoms with van der Waals surface area (Å²) >= 11 is 3.55. The minimum Gasteiger partial charge on any atom is -0.496 e. The highest BCUT2D eigenvalue weighted by molar-refractivity contribution is 9.10. The van der Waals surface area contributed by atoms with E-state index in [2.05, 4.69) is 46.1 Å². The number of methoxy groups -OCH3 is 2. The van der Waals surface area contributed by atoms with E-state index in [1.165, 1.54) is 5.56 Å². The Balaban J connectivity index is 0.00000264. The summed E-state index contributed by atoms with van der Waals surface area (Å²) in [4.78, 5) is 2.57. The highest BCUT2D eigenvalue weighted by atomic mass is 79.9. The van der Waals surface area contributed by atoms with Crippen LogP contribution in [0.25, 0.3) is 0 Å². The standard InChI is InChI=1S/C17H27BrN2O2.2ClH/c1-5-12(2)17(20-8-6-19-7-9-20)13-10-16(22-4)14(18)11-15(13)21-3;;/h10-12,17,19H,5-9H2,1-4H3;2*1H/t12?,17-;;/m1../s1. The van der Waals surface area contributed by atoms with Crippen molar-refractivity contribution in [3.8, 4) is 11.5 Å². The van der Waals surface area contributed by atoms with Crippen molar-refractivity contribution in [2.75, 3.05) is 40.4 Å². The summed E-state index contributed by atoms with van der Waals surface area (Å²) < 4.78 is 12.1. The van der Waals surface area contributed by atoms with Crippen LogP contribution in [0.15, 0.2) is 16.6 Å². The second-order valence-electron chi connectivity index (χ2n) is 5.85. The Bertz CT molecular complexity index is 500. The van der Waals surface area contributed by atoms with Crippen molar-refractivity contribution >= 4 is 40.7 Å². The Morgan fingerprint density at radius 1 is 1.12 bits per heavy atom. The molecule has 0 spiro atoms. The fraction of sp³-hybridized carbons (Fsp3) is 0.647. The van der Waals surface area contributed by atoms with Crippen LogP contribution < -0.4 is 14.8 Å². The summed E-state index contributed by atoms with van der Waals surface area (Å²) in [6.07, 6.45) is 1.14. The molecule has 0 amide bonds. The first-order valence-corrected chi connectivity index (χ1v) is 8.77. The van der Waals surface area contributed by atoms with Crippen molar-refractivity contribution in [3.05, 3.63) is 22.2 Å². The normalized spacial score (nSPS) is 17.2. The van der Waals surface area contributed by atoms with Gasteiger partial charge in [0.15, 0.2) is 0 Å². The molecule has 1 aliphatic rings. The van der Waals surface area contributed by atoms with Crippen LogP contribution in [-0.2, 0) is 0 Å². The predicted molar refractivity (Wildman–Crippen MR) is 108 cm³/mol. The van der Waals surface area contributed by atoms with Crippen LogP contribution in [-0.4, -0.2) is 45.3 Å². The van der Waals surface area contributed by atoms with Gasteiger partial charge in [-0.3, -0.25) is 4.90 Å². The maximum atomic E-state index is 5.66. The Morgan fingerprint density at radius 2 is 1.71 bits per heavy atom. The molecule has 1 saturated heterocycles. The number of nitrogens with one attached hydrogen (secondary N) is 1. The molecule has 2 rings (SSSR count). The van der Waals surface area contributed by atoms with Crippen molar-refractivity contribution in [2.24, 2.45) is 5.92 Å². The van der Waals surface area contributed by atoms with Gasteiger partial charge in [0.1, 0.15) is 11.5 Å². The Kier molecular flexibility index (Phi) is 11.3.